The molecule has 1 saturated carbocycles. The van der Waals surface area contributed by atoms with Gasteiger partial charge in [-0.3, -0.25) is 9.59 Å². The lowest BCUT2D eigenvalue weighted by Crippen LogP contribution is -2.54. The molecule has 2 aliphatic rings. The Bertz CT molecular complexity index is 973. The summed E-state index contributed by atoms with van der Waals surface area (Å²) in [6.45, 7) is 3.63. The molecule has 31 heavy (non-hydrogen) atoms. The van der Waals surface area contributed by atoms with Gasteiger partial charge in [-0.15, -0.1) is 0 Å². The minimum atomic E-state index is -0.367. The first-order valence-electron chi connectivity index (χ1n) is 10.2. The van der Waals surface area contributed by atoms with Gasteiger partial charge in [0.2, 0.25) is 5.91 Å². The van der Waals surface area contributed by atoms with Crippen molar-refractivity contribution in [2.75, 3.05) is 30.3 Å². The normalized spacial score (nSPS) is 18.7. The predicted molar refractivity (Wildman–Crippen MR) is 118 cm³/mol. The monoisotopic (exact) mass is 463 g/mol. The molecule has 164 valence electrons. The van der Waals surface area contributed by atoms with Crippen LogP contribution in [0.5, 0.6) is 0 Å². The number of nitrogens with one attached hydrogen (secondary N) is 1. The Morgan fingerprint density at radius 1 is 1.23 bits per heavy atom. The van der Waals surface area contributed by atoms with Crippen LogP contribution >= 0.6 is 23.4 Å². The SMILES string of the molecule is CC1CN(c2cc(Cl)nc(SCC(=O)NC3CC3)n2)CCN1C(=O)c1ccc(F)cc1. The molecule has 2 aromatic rings. The molecule has 2 amide bonds. The second-order valence-corrected chi connectivity index (χ2v) is 9.09. The van der Waals surface area contributed by atoms with E-state index >= 15 is 0 Å². The molecule has 1 aliphatic carbocycles. The molecule has 7 nitrogen and oxygen atoms in total. The van der Waals surface area contributed by atoms with Crippen LogP contribution in [0.1, 0.15) is 30.1 Å². The van der Waals surface area contributed by atoms with Crippen molar-refractivity contribution >= 4 is 41.0 Å². The number of halogens is 2. The van der Waals surface area contributed by atoms with Crippen LogP contribution in [-0.4, -0.2) is 64.2 Å². The number of rotatable bonds is 6. The van der Waals surface area contributed by atoms with Gasteiger partial charge < -0.3 is 15.1 Å². The second-order valence-electron chi connectivity index (χ2n) is 7.76. The highest BCUT2D eigenvalue weighted by Gasteiger charge is 2.29. The van der Waals surface area contributed by atoms with Gasteiger partial charge in [-0.1, -0.05) is 23.4 Å². The summed E-state index contributed by atoms with van der Waals surface area (Å²) in [4.78, 5) is 37.4. The number of anilines is 1. The number of aromatic nitrogens is 2. The van der Waals surface area contributed by atoms with Gasteiger partial charge >= 0.3 is 0 Å². The quantitative estimate of drug-likeness (QED) is 0.403. The lowest BCUT2D eigenvalue weighted by molar-refractivity contribution is -0.118. The zero-order chi connectivity index (χ0) is 22.0. The first-order chi connectivity index (χ1) is 14.9. The molecule has 0 spiro atoms. The van der Waals surface area contributed by atoms with Crippen molar-refractivity contribution < 1.29 is 14.0 Å². The average molecular weight is 464 g/mol. The first kappa shape index (κ1) is 21.8. The van der Waals surface area contributed by atoms with E-state index in [1.165, 1.54) is 36.0 Å². The van der Waals surface area contributed by atoms with Gasteiger partial charge in [-0.05, 0) is 44.0 Å². The topological polar surface area (TPSA) is 78.4 Å². The molecular weight excluding hydrogens is 441 g/mol. The molecule has 0 radical (unpaired) electrons. The van der Waals surface area contributed by atoms with E-state index in [1.807, 2.05) is 6.92 Å². The molecule has 4 rings (SSSR count). The highest BCUT2D eigenvalue weighted by atomic mass is 35.5. The summed E-state index contributed by atoms with van der Waals surface area (Å²) in [7, 11) is 0. The summed E-state index contributed by atoms with van der Waals surface area (Å²) in [5, 5.41) is 3.70. The van der Waals surface area contributed by atoms with Gasteiger partial charge in [0.1, 0.15) is 16.8 Å². The number of hydrogen-bond acceptors (Lipinski definition) is 6. The van der Waals surface area contributed by atoms with Crippen molar-refractivity contribution in [3.8, 4) is 0 Å². The summed E-state index contributed by atoms with van der Waals surface area (Å²) in [6, 6.07) is 7.54. The van der Waals surface area contributed by atoms with Crippen LogP contribution in [0.3, 0.4) is 0 Å². The Morgan fingerprint density at radius 2 is 1.97 bits per heavy atom. The van der Waals surface area contributed by atoms with Crippen molar-refractivity contribution in [3.05, 3.63) is 46.9 Å². The third-order valence-corrected chi connectivity index (χ3v) is 6.28. The Morgan fingerprint density at radius 3 is 2.65 bits per heavy atom. The number of carbonyl (C=O) groups excluding carboxylic acids is 2. The van der Waals surface area contributed by atoms with Crippen molar-refractivity contribution in [2.45, 2.75) is 37.0 Å². The Kier molecular flexibility index (Phi) is 6.62. The maximum Gasteiger partial charge on any atom is 0.254 e. The van der Waals surface area contributed by atoms with Crippen molar-refractivity contribution in [1.82, 2.24) is 20.2 Å². The van der Waals surface area contributed by atoms with E-state index < -0.39 is 0 Å². The summed E-state index contributed by atoms with van der Waals surface area (Å²) < 4.78 is 13.2. The summed E-state index contributed by atoms with van der Waals surface area (Å²) in [5.41, 5.74) is 0.468. The van der Waals surface area contributed by atoms with E-state index in [9.17, 15) is 14.0 Å². The van der Waals surface area contributed by atoms with Crippen LogP contribution in [-0.2, 0) is 4.79 Å². The molecule has 2 fully saturated rings. The van der Waals surface area contributed by atoms with Crippen molar-refractivity contribution in [1.29, 1.82) is 0 Å². The Labute approximate surface area is 189 Å². The molecule has 1 saturated heterocycles. The minimum Gasteiger partial charge on any atom is -0.353 e. The predicted octanol–water partition coefficient (Wildman–Crippen LogP) is 2.99. The third kappa shape index (κ3) is 5.65. The minimum absolute atomic E-state index is 0.0285. The standard InChI is InChI=1S/C21H23ClFN5O2S/c1-13-11-27(8-9-28(13)20(30)14-2-4-15(23)5-3-14)18-10-17(22)25-21(26-18)31-12-19(29)24-16-6-7-16/h2-5,10,13,16H,6-9,11-12H2,1H3,(H,24,29). The van der Waals surface area contributed by atoms with E-state index in [0.717, 1.165) is 12.8 Å². The lowest BCUT2D eigenvalue weighted by atomic mass is 10.1. The number of thioether (sulfide) groups is 1. The van der Waals surface area contributed by atoms with Crippen LogP contribution < -0.4 is 10.2 Å². The van der Waals surface area contributed by atoms with E-state index in [1.54, 1.807) is 11.0 Å². The molecular formula is C21H23ClFN5O2S. The van der Waals surface area contributed by atoms with Gasteiger partial charge in [0.05, 0.1) is 5.75 Å². The van der Waals surface area contributed by atoms with Crippen LogP contribution in [0.25, 0.3) is 0 Å². The molecule has 1 atom stereocenters. The molecule has 1 unspecified atom stereocenters. The van der Waals surface area contributed by atoms with E-state index in [4.69, 9.17) is 11.6 Å². The Hall–Kier alpha value is -2.39. The number of nitrogens with zero attached hydrogens (tertiary/aromatic N) is 4. The maximum absolute atomic E-state index is 13.2. The van der Waals surface area contributed by atoms with Gasteiger partial charge in [-0.2, -0.15) is 0 Å². The number of hydrogen-bond donors (Lipinski definition) is 1. The zero-order valence-corrected chi connectivity index (χ0v) is 18.6. The number of amides is 2. The highest BCUT2D eigenvalue weighted by molar-refractivity contribution is 7.99. The van der Waals surface area contributed by atoms with Gasteiger partial charge in [0.25, 0.3) is 5.91 Å². The van der Waals surface area contributed by atoms with Gasteiger partial charge in [0, 0.05) is 43.3 Å². The Balaban J connectivity index is 1.38. The second kappa shape index (κ2) is 9.40. The summed E-state index contributed by atoms with van der Waals surface area (Å²) >= 11 is 7.46. The van der Waals surface area contributed by atoms with E-state index in [0.29, 0.717) is 47.4 Å². The molecule has 1 aromatic heterocycles. The van der Waals surface area contributed by atoms with Crippen LogP contribution in [0.2, 0.25) is 5.15 Å². The summed E-state index contributed by atoms with van der Waals surface area (Å²) in [5.74, 6) is 0.400. The van der Waals surface area contributed by atoms with Crippen LogP contribution in [0.15, 0.2) is 35.5 Å². The molecule has 1 aliphatic heterocycles. The molecule has 10 heteroatoms. The largest absolute Gasteiger partial charge is 0.353 e. The first-order valence-corrected chi connectivity index (χ1v) is 11.5. The van der Waals surface area contributed by atoms with E-state index in [-0.39, 0.29) is 29.4 Å². The number of benzene rings is 1. The smallest absolute Gasteiger partial charge is 0.254 e. The molecule has 0 bridgehead atoms. The van der Waals surface area contributed by atoms with Gasteiger partial charge in [-0.25, -0.2) is 14.4 Å². The fourth-order valence-electron chi connectivity index (χ4n) is 3.46. The maximum atomic E-state index is 13.2. The lowest BCUT2D eigenvalue weighted by Gasteiger charge is -2.40. The summed E-state index contributed by atoms with van der Waals surface area (Å²) in [6.07, 6.45) is 2.09. The molecule has 1 N–H and O–H groups in total. The van der Waals surface area contributed by atoms with Crippen LogP contribution in [0.4, 0.5) is 10.2 Å². The highest BCUT2D eigenvalue weighted by Crippen LogP contribution is 2.25. The van der Waals surface area contributed by atoms with E-state index in [2.05, 4.69) is 20.2 Å². The van der Waals surface area contributed by atoms with Crippen molar-refractivity contribution in [2.24, 2.45) is 0 Å². The number of piperazine rings is 1. The molecule has 2 heterocycles. The van der Waals surface area contributed by atoms with Crippen molar-refractivity contribution in [3.63, 3.8) is 0 Å². The van der Waals surface area contributed by atoms with Crippen LogP contribution in [0, 0.1) is 5.82 Å². The zero-order valence-electron chi connectivity index (χ0n) is 17.1. The van der Waals surface area contributed by atoms with Gasteiger partial charge in [0.15, 0.2) is 5.16 Å². The fraction of sp³-hybridized carbons (Fsp3) is 0.429. The third-order valence-electron chi connectivity index (χ3n) is 5.24. The average Bonchev–Trinajstić information content (AvgIpc) is 3.56. The number of carbonyl (C=O) groups is 2. The molecule has 1 aromatic carbocycles. The fourth-order valence-corrected chi connectivity index (χ4v) is 4.36.